The maximum atomic E-state index is 7.32. The average Bonchev–Trinajstić information content (AvgIpc) is 2.53. The molecule has 1 aliphatic rings. The fourth-order valence-corrected chi connectivity index (χ4v) is 1.83. The van der Waals surface area contributed by atoms with Gasteiger partial charge in [-0.2, -0.15) is 5.10 Å². The Morgan fingerprint density at radius 3 is 3.00 bits per heavy atom. The van der Waals surface area contributed by atoms with E-state index in [1.807, 2.05) is 11.7 Å². The summed E-state index contributed by atoms with van der Waals surface area (Å²) in [5.41, 5.74) is 8.53. The number of nitrogens with one attached hydrogen (secondary N) is 1. The molecular formula is C8H12N4. The van der Waals surface area contributed by atoms with E-state index in [1.165, 1.54) is 17.7 Å². The summed E-state index contributed by atoms with van der Waals surface area (Å²) < 4.78 is 1.85. The van der Waals surface area contributed by atoms with Crippen molar-refractivity contribution in [2.45, 2.75) is 19.3 Å². The molecule has 1 aliphatic carbocycles. The Hall–Kier alpha value is -1.32. The van der Waals surface area contributed by atoms with Gasteiger partial charge in [-0.3, -0.25) is 10.1 Å². The first-order valence-electron chi connectivity index (χ1n) is 4.09. The van der Waals surface area contributed by atoms with Crippen LogP contribution in [0.5, 0.6) is 0 Å². The zero-order valence-corrected chi connectivity index (χ0v) is 7.09. The number of nitrogen functional groups attached to an aromatic ring is 1. The van der Waals surface area contributed by atoms with Gasteiger partial charge in [-0.25, -0.2) is 0 Å². The first kappa shape index (κ1) is 7.34. The lowest BCUT2D eigenvalue weighted by molar-refractivity contribution is 0.703. The van der Waals surface area contributed by atoms with Gasteiger partial charge in [0.15, 0.2) is 0 Å². The minimum absolute atomic E-state index is 0.0914. The highest BCUT2D eigenvalue weighted by molar-refractivity contribution is 5.94. The topological polar surface area (TPSA) is 67.7 Å². The van der Waals surface area contributed by atoms with E-state index in [9.17, 15) is 0 Å². The number of aromatic nitrogens is 2. The second-order valence-electron chi connectivity index (χ2n) is 3.16. The summed E-state index contributed by atoms with van der Waals surface area (Å²) >= 11 is 0. The van der Waals surface area contributed by atoms with Crippen LogP contribution in [0.15, 0.2) is 0 Å². The summed E-state index contributed by atoms with van der Waals surface area (Å²) in [6, 6.07) is 0. The molecule has 1 heterocycles. The molecule has 4 nitrogen and oxygen atoms in total. The van der Waals surface area contributed by atoms with Crippen LogP contribution < -0.4 is 5.73 Å². The van der Waals surface area contributed by atoms with E-state index in [0.29, 0.717) is 5.69 Å². The van der Waals surface area contributed by atoms with Crippen molar-refractivity contribution in [2.24, 2.45) is 12.8 Å². The third kappa shape index (κ3) is 0.841. The number of amidine groups is 1. The maximum absolute atomic E-state index is 7.32. The van der Waals surface area contributed by atoms with Gasteiger partial charge in [0, 0.05) is 18.3 Å². The SMILES string of the molecule is Cn1nc(C(=N)N)c2c1CCC2. The van der Waals surface area contributed by atoms with Gasteiger partial charge in [0.25, 0.3) is 0 Å². The number of nitrogens with two attached hydrogens (primary N) is 1. The van der Waals surface area contributed by atoms with Crippen LogP contribution in [0.25, 0.3) is 0 Å². The molecule has 1 aromatic rings. The number of rotatable bonds is 1. The van der Waals surface area contributed by atoms with E-state index in [4.69, 9.17) is 11.1 Å². The Morgan fingerprint density at radius 2 is 2.33 bits per heavy atom. The van der Waals surface area contributed by atoms with E-state index in [1.54, 1.807) is 0 Å². The van der Waals surface area contributed by atoms with Crippen LogP contribution in [0.3, 0.4) is 0 Å². The van der Waals surface area contributed by atoms with Gasteiger partial charge in [-0.05, 0) is 19.3 Å². The van der Waals surface area contributed by atoms with Crippen LogP contribution in [0.1, 0.15) is 23.4 Å². The molecule has 0 unspecified atom stereocenters. The second-order valence-corrected chi connectivity index (χ2v) is 3.16. The standard InChI is InChI=1S/C8H12N4/c1-12-6-4-2-3-5(6)7(11-12)8(9)10/h2-4H2,1H3,(H3,9,10). The molecule has 0 atom stereocenters. The monoisotopic (exact) mass is 164 g/mol. The van der Waals surface area contributed by atoms with Crippen LogP contribution in [0, 0.1) is 5.41 Å². The van der Waals surface area contributed by atoms with E-state index in [-0.39, 0.29) is 5.84 Å². The normalized spacial score (nSPS) is 14.8. The summed E-state index contributed by atoms with van der Waals surface area (Å²) in [7, 11) is 1.91. The van der Waals surface area contributed by atoms with Crippen LogP contribution >= 0.6 is 0 Å². The van der Waals surface area contributed by atoms with Gasteiger partial charge < -0.3 is 5.73 Å². The van der Waals surface area contributed by atoms with Gasteiger partial charge >= 0.3 is 0 Å². The smallest absolute Gasteiger partial charge is 0.144 e. The zero-order valence-electron chi connectivity index (χ0n) is 7.09. The summed E-state index contributed by atoms with van der Waals surface area (Å²) in [4.78, 5) is 0. The fraction of sp³-hybridized carbons (Fsp3) is 0.500. The van der Waals surface area contributed by atoms with Crippen molar-refractivity contribution < 1.29 is 0 Å². The summed E-state index contributed by atoms with van der Waals surface area (Å²) in [5, 5.41) is 11.5. The van der Waals surface area contributed by atoms with E-state index in [0.717, 1.165) is 12.8 Å². The molecule has 0 amide bonds. The molecule has 0 aliphatic heterocycles. The quantitative estimate of drug-likeness (QED) is 0.459. The molecule has 0 saturated heterocycles. The van der Waals surface area contributed by atoms with Crippen molar-refractivity contribution >= 4 is 5.84 Å². The lowest BCUT2D eigenvalue weighted by Crippen LogP contribution is -2.14. The highest BCUT2D eigenvalue weighted by atomic mass is 15.3. The number of aryl methyl sites for hydroxylation is 1. The molecular weight excluding hydrogens is 152 g/mol. The number of hydrogen-bond donors (Lipinski definition) is 2. The van der Waals surface area contributed by atoms with Crippen molar-refractivity contribution in [3.05, 3.63) is 17.0 Å². The number of hydrogen-bond acceptors (Lipinski definition) is 2. The van der Waals surface area contributed by atoms with Crippen molar-refractivity contribution in [1.82, 2.24) is 9.78 Å². The Bertz CT molecular complexity index is 337. The highest BCUT2D eigenvalue weighted by Crippen LogP contribution is 2.23. The van der Waals surface area contributed by atoms with E-state index >= 15 is 0 Å². The third-order valence-electron chi connectivity index (χ3n) is 2.37. The Balaban J connectivity index is 2.58. The predicted molar refractivity (Wildman–Crippen MR) is 46.2 cm³/mol. The molecule has 0 fully saturated rings. The van der Waals surface area contributed by atoms with Crippen LogP contribution in [0.4, 0.5) is 0 Å². The van der Waals surface area contributed by atoms with Crippen molar-refractivity contribution in [3.8, 4) is 0 Å². The van der Waals surface area contributed by atoms with Gasteiger partial charge in [-0.15, -0.1) is 0 Å². The lowest BCUT2D eigenvalue weighted by Gasteiger charge is -1.93. The van der Waals surface area contributed by atoms with Crippen LogP contribution in [-0.2, 0) is 19.9 Å². The van der Waals surface area contributed by atoms with Crippen molar-refractivity contribution in [3.63, 3.8) is 0 Å². The third-order valence-corrected chi connectivity index (χ3v) is 2.37. The molecule has 4 heteroatoms. The van der Waals surface area contributed by atoms with Crippen molar-refractivity contribution in [1.29, 1.82) is 5.41 Å². The van der Waals surface area contributed by atoms with Crippen molar-refractivity contribution in [2.75, 3.05) is 0 Å². The average molecular weight is 164 g/mol. The van der Waals surface area contributed by atoms with Gasteiger partial charge in [0.05, 0.1) is 0 Å². The second kappa shape index (κ2) is 2.33. The van der Waals surface area contributed by atoms with Crippen LogP contribution in [0.2, 0.25) is 0 Å². The molecule has 0 saturated carbocycles. The lowest BCUT2D eigenvalue weighted by atomic mass is 10.2. The molecule has 0 aromatic carbocycles. The Labute approximate surface area is 70.9 Å². The fourth-order valence-electron chi connectivity index (χ4n) is 1.83. The summed E-state index contributed by atoms with van der Waals surface area (Å²) in [5.74, 6) is 0.0914. The zero-order chi connectivity index (χ0) is 8.72. The van der Waals surface area contributed by atoms with Gasteiger partial charge in [-0.1, -0.05) is 0 Å². The molecule has 64 valence electrons. The highest BCUT2D eigenvalue weighted by Gasteiger charge is 2.21. The Kier molecular flexibility index (Phi) is 1.43. The van der Waals surface area contributed by atoms with E-state index < -0.39 is 0 Å². The molecule has 0 spiro atoms. The molecule has 2 rings (SSSR count). The van der Waals surface area contributed by atoms with Crippen LogP contribution in [-0.4, -0.2) is 15.6 Å². The molecule has 1 aromatic heterocycles. The molecule has 0 radical (unpaired) electrons. The van der Waals surface area contributed by atoms with E-state index in [2.05, 4.69) is 5.10 Å². The predicted octanol–water partition coefficient (Wildman–Crippen LogP) is 0.193. The molecule has 3 N–H and O–H groups in total. The molecule has 12 heavy (non-hydrogen) atoms. The minimum Gasteiger partial charge on any atom is -0.382 e. The first-order valence-corrected chi connectivity index (χ1v) is 4.09. The first-order chi connectivity index (χ1) is 5.70. The summed E-state index contributed by atoms with van der Waals surface area (Å²) in [6.45, 7) is 0. The van der Waals surface area contributed by atoms with Gasteiger partial charge in [0.2, 0.25) is 0 Å². The number of nitrogens with zero attached hydrogens (tertiary/aromatic N) is 2. The maximum Gasteiger partial charge on any atom is 0.144 e. The Morgan fingerprint density at radius 1 is 1.58 bits per heavy atom. The van der Waals surface area contributed by atoms with Gasteiger partial charge in [0.1, 0.15) is 11.5 Å². The summed E-state index contributed by atoms with van der Waals surface area (Å²) in [6.07, 6.45) is 3.27. The minimum atomic E-state index is 0.0914. The number of fused-ring (bicyclic) bond motifs is 1. The molecule has 0 bridgehead atoms. The largest absolute Gasteiger partial charge is 0.382 e.